The Labute approximate surface area is 204 Å². The second-order valence-corrected chi connectivity index (χ2v) is 8.79. The monoisotopic (exact) mass is 471 g/mol. The van der Waals surface area contributed by atoms with Gasteiger partial charge >= 0.3 is 0 Å². The van der Waals surface area contributed by atoms with Gasteiger partial charge in [-0.25, -0.2) is 0 Å². The van der Waals surface area contributed by atoms with Crippen LogP contribution in [0.1, 0.15) is 24.8 Å². The van der Waals surface area contributed by atoms with Crippen LogP contribution in [0.25, 0.3) is 22.3 Å². The number of benzene rings is 3. The van der Waals surface area contributed by atoms with Crippen LogP contribution in [0.15, 0.2) is 82.0 Å². The Morgan fingerprint density at radius 3 is 2.37 bits per heavy atom. The van der Waals surface area contributed by atoms with Gasteiger partial charge < -0.3 is 23.9 Å². The number of hydrogen-bond donors (Lipinski definition) is 1. The molecule has 1 aliphatic rings. The van der Waals surface area contributed by atoms with Gasteiger partial charge in [-0.3, -0.25) is 4.79 Å². The quantitative estimate of drug-likeness (QED) is 0.320. The molecule has 0 atom stereocenters. The van der Waals surface area contributed by atoms with Crippen LogP contribution in [-0.4, -0.2) is 36.2 Å². The maximum atomic E-state index is 13.0. The molecule has 0 aliphatic carbocycles. The Hall–Kier alpha value is -3.77. The Morgan fingerprint density at radius 2 is 1.63 bits per heavy atom. The van der Waals surface area contributed by atoms with Gasteiger partial charge in [-0.15, -0.1) is 0 Å². The van der Waals surface area contributed by atoms with Crippen molar-refractivity contribution in [2.24, 2.45) is 0 Å². The summed E-state index contributed by atoms with van der Waals surface area (Å²) in [7, 11) is 0. The van der Waals surface area contributed by atoms with Gasteiger partial charge in [0.05, 0.1) is 6.61 Å². The van der Waals surface area contributed by atoms with E-state index in [1.165, 1.54) is 25.0 Å². The average molecular weight is 472 g/mol. The van der Waals surface area contributed by atoms with Gasteiger partial charge in [-0.2, -0.15) is 0 Å². The zero-order chi connectivity index (χ0) is 24.0. The molecule has 6 heteroatoms. The molecular weight excluding hydrogens is 442 g/mol. The molecule has 5 rings (SSSR count). The smallest absolute Gasteiger partial charge is 0.205 e. The maximum Gasteiger partial charge on any atom is 0.205 e. The summed E-state index contributed by atoms with van der Waals surface area (Å²) in [6.45, 7) is 3.94. The Bertz CT molecular complexity index is 1330. The van der Waals surface area contributed by atoms with Crippen molar-refractivity contribution >= 4 is 11.0 Å². The van der Waals surface area contributed by atoms with E-state index >= 15 is 0 Å². The van der Waals surface area contributed by atoms with E-state index in [1.54, 1.807) is 0 Å². The lowest BCUT2D eigenvalue weighted by Crippen LogP contribution is -2.22. The molecule has 3 aromatic carbocycles. The van der Waals surface area contributed by atoms with Crippen LogP contribution >= 0.6 is 0 Å². The number of nitrogens with zero attached hydrogens (tertiary/aromatic N) is 1. The molecule has 0 spiro atoms. The van der Waals surface area contributed by atoms with Gasteiger partial charge in [0, 0.05) is 24.2 Å². The largest absolute Gasteiger partial charge is 0.507 e. The number of phenols is 1. The average Bonchev–Trinajstić information content (AvgIpc) is 3.41. The predicted octanol–water partition coefficient (Wildman–Crippen LogP) is 5.61. The van der Waals surface area contributed by atoms with Crippen molar-refractivity contribution in [1.29, 1.82) is 0 Å². The molecule has 6 nitrogen and oxygen atoms in total. The number of rotatable bonds is 9. The van der Waals surface area contributed by atoms with E-state index in [0.29, 0.717) is 30.5 Å². The van der Waals surface area contributed by atoms with Crippen LogP contribution in [0.3, 0.4) is 0 Å². The number of ether oxygens (including phenoxy) is 2. The first-order chi connectivity index (χ1) is 17.2. The fourth-order valence-electron chi connectivity index (χ4n) is 4.46. The van der Waals surface area contributed by atoms with Crippen LogP contribution in [0.4, 0.5) is 0 Å². The van der Waals surface area contributed by atoms with Crippen LogP contribution in [0, 0.1) is 0 Å². The fourth-order valence-corrected chi connectivity index (χ4v) is 4.46. The molecule has 1 fully saturated rings. The van der Waals surface area contributed by atoms with E-state index in [1.807, 2.05) is 60.7 Å². The molecule has 0 bridgehead atoms. The molecule has 35 heavy (non-hydrogen) atoms. The van der Waals surface area contributed by atoms with Crippen LogP contribution in [0.2, 0.25) is 0 Å². The topological polar surface area (TPSA) is 72.1 Å². The van der Waals surface area contributed by atoms with Crippen molar-refractivity contribution < 1.29 is 19.0 Å². The zero-order valence-corrected chi connectivity index (χ0v) is 19.6. The first-order valence-corrected chi connectivity index (χ1v) is 12.1. The molecule has 1 aromatic heterocycles. The number of phenolic OH excluding ortho intramolecular Hbond substituents is 1. The summed E-state index contributed by atoms with van der Waals surface area (Å²) >= 11 is 0. The maximum absolute atomic E-state index is 13.0. The van der Waals surface area contributed by atoms with Crippen LogP contribution in [-0.2, 0) is 6.61 Å². The summed E-state index contributed by atoms with van der Waals surface area (Å²) in [5.41, 5.74) is 1.60. The van der Waals surface area contributed by atoms with Gasteiger partial charge in [0.15, 0.2) is 16.8 Å². The van der Waals surface area contributed by atoms with Gasteiger partial charge in [0.1, 0.15) is 23.5 Å². The molecule has 1 saturated heterocycles. The minimum atomic E-state index is -0.334. The van der Waals surface area contributed by atoms with Crippen LogP contribution < -0.4 is 14.9 Å². The predicted molar refractivity (Wildman–Crippen MR) is 136 cm³/mol. The van der Waals surface area contributed by atoms with E-state index < -0.39 is 0 Å². The van der Waals surface area contributed by atoms with Crippen molar-refractivity contribution in [3.8, 4) is 28.6 Å². The molecular formula is C29H29NO5. The third-order valence-corrected chi connectivity index (χ3v) is 6.26. The minimum Gasteiger partial charge on any atom is -0.507 e. The molecule has 0 amide bonds. The molecule has 0 saturated carbocycles. The normalized spacial score (nSPS) is 13.8. The van der Waals surface area contributed by atoms with Crippen molar-refractivity contribution in [2.75, 3.05) is 26.2 Å². The summed E-state index contributed by atoms with van der Waals surface area (Å²) in [6.07, 6.45) is 3.33. The van der Waals surface area contributed by atoms with Crippen molar-refractivity contribution in [1.82, 2.24) is 4.90 Å². The number of aromatic hydroxyl groups is 1. The van der Waals surface area contributed by atoms with Gasteiger partial charge in [-0.1, -0.05) is 60.7 Å². The Morgan fingerprint density at radius 1 is 0.914 bits per heavy atom. The first kappa shape index (κ1) is 23.0. The van der Waals surface area contributed by atoms with Gasteiger partial charge in [-0.05, 0) is 37.9 Å². The number of likely N-dealkylation sites (tertiary alicyclic amines) is 1. The lowest BCUT2D eigenvalue weighted by molar-refractivity contribution is 0.240. The number of hydrogen-bond acceptors (Lipinski definition) is 6. The first-order valence-electron chi connectivity index (χ1n) is 12.1. The summed E-state index contributed by atoms with van der Waals surface area (Å²) in [6, 6.07) is 22.0. The van der Waals surface area contributed by atoms with Crippen molar-refractivity contribution in [3.63, 3.8) is 0 Å². The number of fused-ring (bicyclic) bond motifs is 1. The summed E-state index contributed by atoms with van der Waals surface area (Å²) in [5, 5.41) is 10.8. The highest BCUT2D eigenvalue weighted by Gasteiger charge is 2.21. The second-order valence-electron chi connectivity index (χ2n) is 8.79. The highest BCUT2D eigenvalue weighted by molar-refractivity contribution is 5.91. The van der Waals surface area contributed by atoms with Gasteiger partial charge in [0.25, 0.3) is 0 Å². The van der Waals surface area contributed by atoms with E-state index in [-0.39, 0.29) is 22.1 Å². The second kappa shape index (κ2) is 10.7. The van der Waals surface area contributed by atoms with E-state index in [2.05, 4.69) is 4.90 Å². The summed E-state index contributed by atoms with van der Waals surface area (Å²) in [4.78, 5) is 15.4. The minimum absolute atomic E-state index is 0.0892. The van der Waals surface area contributed by atoms with E-state index in [9.17, 15) is 9.90 Å². The van der Waals surface area contributed by atoms with Crippen molar-refractivity contribution in [2.45, 2.75) is 25.9 Å². The molecule has 1 aliphatic heterocycles. The Balaban J connectivity index is 1.51. The standard InChI is InChI=1S/C29H29NO5/c31-23-18-25(22-12-5-2-6-13-22)35-29-27(23)24(32)19-26(34-20-21-10-3-1-4-11-21)28(29)33-17-9-16-30-14-7-8-15-30/h1-6,10-13,18-19,32H,7-9,14-17,20H2. The SMILES string of the molecule is O=c1cc(-c2ccccc2)oc2c(OCCCN3CCCC3)c(OCc3ccccc3)cc(O)c12. The third kappa shape index (κ3) is 5.33. The molecule has 4 aromatic rings. The molecule has 2 heterocycles. The van der Waals surface area contributed by atoms with Gasteiger partial charge in [0.2, 0.25) is 5.75 Å². The van der Waals surface area contributed by atoms with E-state index in [4.69, 9.17) is 13.9 Å². The zero-order valence-electron chi connectivity index (χ0n) is 19.6. The van der Waals surface area contributed by atoms with E-state index in [0.717, 1.165) is 37.2 Å². The molecule has 0 radical (unpaired) electrons. The van der Waals surface area contributed by atoms with Crippen LogP contribution in [0.5, 0.6) is 17.2 Å². The summed E-state index contributed by atoms with van der Waals surface area (Å²) < 4.78 is 18.5. The molecule has 180 valence electrons. The lowest BCUT2D eigenvalue weighted by atomic mass is 10.1. The molecule has 1 N–H and O–H groups in total. The highest BCUT2D eigenvalue weighted by atomic mass is 16.5. The van der Waals surface area contributed by atoms with Crippen molar-refractivity contribution in [3.05, 3.63) is 88.6 Å². The Kier molecular flexibility index (Phi) is 7.00. The molecule has 0 unspecified atom stereocenters. The third-order valence-electron chi connectivity index (χ3n) is 6.26. The lowest BCUT2D eigenvalue weighted by Gasteiger charge is -2.17. The fraction of sp³-hybridized carbons (Fsp3) is 0.276. The highest BCUT2D eigenvalue weighted by Crippen LogP contribution is 2.41. The summed E-state index contributed by atoms with van der Waals surface area (Å²) in [5.74, 6) is 0.892.